The Morgan fingerprint density at radius 3 is 2.17 bits per heavy atom. The van der Waals surface area contributed by atoms with E-state index in [4.69, 9.17) is 0 Å². The molecule has 0 fully saturated rings. The van der Waals surface area contributed by atoms with Gasteiger partial charge in [0.2, 0.25) is 0 Å². The summed E-state index contributed by atoms with van der Waals surface area (Å²) in [5.74, 6) is -3.81. The number of unbranched alkanes of at least 4 members (excludes halogenated alkanes) is 4. The van der Waals surface area contributed by atoms with Crippen LogP contribution in [0.2, 0.25) is 0 Å². The number of aliphatic carboxylic acids is 2. The molecule has 92 valence electrons. The van der Waals surface area contributed by atoms with Gasteiger partial charge in [-0.15, -0.1) is 0 Å². The number of allylic oxidation sites excluding steroid dienone is 1. The maximum atomic E-state index is 10.5. The van der Waals surface area contributed by atoms with E-state index in [2.05, 4.69) is 6.92 Å². The molecule has 6 heteroatoms. The monoisotopic (exact) mass is 272 g/mol. The van der Waals surface area contributed by atoms with Crippen LogP contribution in [-0.2, 0) is 9.59 Å². The second kappa shape index (κ2) is 15.7. The normalized spacial score (nSPS) is 11.4. The van der Waals surface area contributed by atoms with Gasteiger partial charge in [0.1, 0.15) is 0 Å². The summed E-state index contributed by atoms with van der Waals surface area (Å²) in [6.45, 7) is 2.11. The van der Waals surface area contributed by atoms with Crippen LogP contribution in [0.5, 0.6) is 0 Å². The fourth-order valence-electron chi connectivity index (χ4n) is 1.36. The van der Waals surface area contributed by atoms with Gasteiger partial charge in [0.25, 0.3) is 0 Å². The van der Waals surface area contributed by atoms with E-state index in [1.807, 2.05) is 0 Å². The molecular formula is C12H18Na2O4. The zero-order valence-electron chi connectivity index (χ0n) is 11.6. The molecule has 18 heavy (non-hydrogen) atoms. The summed E-state index contributed by atoms with van der Waals surface area (Å²) in [7, 11) is 0. The molecule has 0 aromatic carbocycles. The third-order valence-corrected chi connectivity index (χ3v) is 2.28. The smallest absolute Gasteiger partial charge is 0.550 e. The number of rotatable bonds is 9. The number of hydrogen-bond acceptors (Lipinski definition) is 4. The van der Waals surface area contributed by atoms with E-state index in [0.29, 0.717) is 0 Å². The molecule has 1 atom stereocenters. The predicted octanol–water partition coefficient (Wildman–Crippen LogP) is -5.97. The second-order valence-corrected chi connectivity index (χ2v) is 3.78. The summed E-state index contributed by atoms with van der Waals surface area (Å²) in [6, 6.07) is 0. The topological polar surface area (TPSA) is 80.3 Å². The van der Waals surface area contributed by atoms with Crippen molar-refractivity contribution >= 4 is 11.9 Å². The predicted molar refractivity (Wildman–Crippen MR) is 56.0 cm³/mol. The van der Waals surface area contributed by atoms with Crippen LogP contribution in [0.15, 0.2) is 12.2 Å². The molecule has 0 bridgehead atoms. The van der Waals surface area contributed by atoms with Gasteiger partial charge in [-0.3, -0.25) is 0 Å². The van der Waals surface area contributed by atoms with E-state index in [1.54, 1.807) is 6.08 Å². The van der Waals surface area contributed by atoms with Crippen molar-refractivity contribution < 1.29 is 78.9 Å². The van der Waals surface area contributed by atoms with Gasteiger partial charge in [0.15, 0.2) is 0 Å². The van der Waals surface area contributed by atoms with E-state index >= 15 is 0 Å². The van der Waals surface area contributed by atoms with E-state index in [1.165, 1.54) is 6.08 Å². The number of hydrogen-bond donors (Lipinski definition) is 0. The summed E-state index contributed by atoms with van der Waals surface area (Å²) in [4.78, 5) is 20.8. The Balaban J connectivity index is -0.00000112. The summed E-state index contributed by atoms with van der Waals surface area (Å²) in [6.07, 6.45) is 7.76. The van der Waals surface area contributed by atoms with E-state index in [9.17, 15) is 19.8 Å². The number of carbonyl (C=O) groups excluding carboxylic acids is 2. The fourth-order valence-corrected chi connectivity index (χ4v) is 1.36. The molecule has 0 aliphatic heterocycles. The van der Waals surface area contributed by atoms with Crippen molar-refractivity contribution in [3.63, 3.8) is 0 Å². The molecule has 0 rings (SSSR count). The average molecular weight is 272 g/mol. The zero-order chi connectivity index (χ0) is 12.4. The first kappa shape index (κ1) is 23.7. The van der Waals surface area contributed by atoms with Crippen LogP contribution in [-0.4, -0.2) is 11.9 Å². The number of carboxylic acid groups (broad SMARTS) is 2. The first-order valence-corrected chi connectivity index (χ1v) is 5.65. The molecule has 0 heterocycles. The fraction of sp³-hybridized carbons (Fsp3) is 0.667. The first-order valence-electron chi connectivity index (χ1n) is 5.65. The Morgan fingerprint density at radius 1 is 1.11 bits per heavy atom. The molecule has 0 saturated heterocycles. The average Bonchev–Trinajstić information content (AvgIpc) is 2.20. The summed E-state index contributed by atoms with van der Waals surface area (Å²) < 4.78 is 0. The molecule has 0 spiro atoms. The van der Waals surface area contributed by atoms with Gasteiger partial charge in [-0.2, -0.15) is 0 Å². The third-order valence-electron chi connectivity index (χ3n) is 2.28. The maximum absolute atomic E-state index is 10.5. The van der Waals surface area contributed by atoms with Gasteiger partial charge in [0.05, 0.1) is 0 Å². The van der Waals surface area contributed by atoms with Crippen molar-refractivity contribution in [1.29, 1.82) is 0 Å². The van der Waals surface area contributed by atoms with Crippen molar-refractivity contribution in [2.24, 2.45) is 5.92 Å². The van der Waals surface area contributed by atoms with Crippen LogP contribution in [0.25, 0.3) is 0 Å². The largest absolute Gasteiger partial charge is 1.00 e. The van der Waals surface area contributed by atoms with Crippen LogP contribution in [0.4, 0.5) is 0 Å². The second-order valence-electron chi connectivity index (χ2n) is 3.78. The molecule has 0 aromatic rings. The van der Waals surface area contributed by atoms with Crippen LogP contribution < -0.4 is 69.3 Å². The van der Waals surface area contributed by atoms with Crippen molar-refractivity contribution in [3.8, 4) is 0 Å². The van der Waals surface area contributed by atoms with Crippen molar-refractivity contribution in [2.75, 3.05) is 0 Å². The maximum Gasteiger partial charge on any atom is 1.00 e. The quantitative estimate of drug-likeness (QED) is 0.238. The van der Waals surface area contributed by atoms with Crippen LogP contribution in [0.3, 0.4) is 0 Å². The standard InChI is InChI=1S/C12H20O4.2Na/c1-2-3-4-5-6-7-8-10(12(15)16)9-11(13)14;;/h7-8,10H,2-6,9H2,1H3,(H,13,14)(H,15,16);;/q;2*+1/p-2. The van der Waals surface area contributed by atoms with Crippen LogP contribution >= 0.6 is 0 Å². The van der Waals surface area contributed by atoms with Gasteiger partial charge in [-0.25, -0.2) is 0 Å². The molecule has 0 aliphatic carbocycles. The molecular weight excluding hydrogens is 254 g/mol. The van der Waals surface area contributed by atoms with Gasteiger partial charge in [0, 0.05) is 17.9 Å². The van der Waals surface area contributed by atoms with Crippen molar-refractivity contribution in [3.05, 3.63) is 12.2 Å². The SMILES string of the molecule is CCCCCCC=CC(CC(=O)[O-])C(=O)[O-].[Na+].[Na+]. The van der Waals surface area contributed by atoms with Crippen molar-refractivity contribution in [2.45, 2.75) is 45.4 Å². The number of carboxylic acids is 2. The minimum atomic E-state index is -1.37. The summed E-state index contributed by atoms with van der Waals surface area (Å²) in [5.41, 5.74) is 0. The minimum absolute atomic E-state index is 0. The van der Waals surface area contributed by atoms with Gasteiger partial charge in [-0.05, 0) is 19.3 Å². The summed E-state index contributed by atoms with van der Waals surface area (Å²) in [5, 5.41) is 20.8. The van der Waals surface area contributed by atoms with E-state index < -0.39 is 24.3 Å². The van der Waals surface area contributed by atoms with E-state index in [-0.39, 0.29) is 59.1 Å². The Hall–Kier alpha value is 0.680. The minimum Gasteiger partial charge on any atom is -0.550 e. The molecule has 0 radical (unpaired) electrons. The Kier molecular flexibility index (Phi) is 20.8. The van der Waals surface area contributed by atoms with Crippen molar-refractivity contribution in [1.82, 2.24) is 0 Å². The first-order chi connectivity index (χ1) is 7.57. The molecule has 0 N–H and O–H groups in total. The number of carbonyl (C=O) groups is 2. The Bertz CT molecular complexity index is 254. The van der Waals surface area contributed by atoms with Crippen LogP contribution in [0, 0.1) is 5.92 Å². The zero-order valence-corrected chi connectivity index (χ0v) is 15.6. The third kappa shape index (κ3) is 14.7. The Morgan fingerprint density at radius 2 is 1.72 bits per heavy atom. The Labute approximate surface area is 153 Å². The van der Waals surface area contributed by atoms with Crippen LogP contribution in [0.1, 0.15) is 45.4 Å². The molecule has 0 amide bonds. The summed E-state index contributed by atoms with van der Waals surface area (Å²) >= 11 is 0. The van der Waals surface area contributed by atoms with Gasteiger partial charge < -0.3 is 19.8 Å². The van der Waals surface area contributed by atoms with E-state index in [0.717, 1.165) is 32.1 Å². The molecule has 0 aliphatic rings. The molecule has 0 aromatic heterocycles. The molecule has 4 nitrogen and oxygen atoms in total. The molecule has 1 unspecified atom stereocenters. The van der Waals surface area contributed by atoms with Gasteiger partial charge in [-0.1, -0.05) is 38.3 Å². The molecule has 0 saturated carbocycles. The van der Waals surface area contributed by atoms with Gasteiger partial charge >= 0.3 is 59.1 Å².